The van der Waals surface area contributed by atoms with Crippen molar-refractivity contribution in [1.82, 2.24) is 15.3 Å². The zero-order chi connectivity index (χ0) is 25.7. The largest absolute Gasteiger partial charge is 0.361 e. The van der Waals surface area contributed by atoms with Crippen LogP contribution in [0.3, 0.4) is 0 Å². The Bertz CT molecular complexity index is 1070. The van der Waals surface area contributed by atoms with Crippen LogP contribution in [0, 0.1) is 0 Å². The summed E-state index contributed by atoms with van der Waals surface area (Å²) in [6.07, 6.45) is 13.5. The van der Waals surface area contributed by atoms with E-state index in [1.54, 1.807) is 0 Å². The van der Waals surface area contributed by atoms with Gasteiger partial charge in [-0.3, -0.25) is 0 Å². The number of aromatic nitrogens is 2. The number of hydrogen-bond donors (Lipinski definition) is 2. The van der Waals surface area contributed by atoms with Crippen LogP contribution in [0.25, 0.3) is 0 Å². The molecule has 3 aliphatic rings. The number of piperidine rings is 2. The van der Waals surface area contributed by atoms with Crippen molar-refractivity contribution in [3.8, 4) is 0 Å². The van der Waals surface area contributed by atoms with Crippen LogP contribution in [-0.2, 0) is 5.41 Å². The van der Waals surface area contributed by atoms with E-state index in [1.165, 1.54) is 63.4 Å². The van der Waals surface area contributed by atoms with Gasteiger partial charge in [0.1, 0.15) is 11.6 Å². The average Bonchev–Trinajstić information content (AvgIpc) is 2.93. The molecular weight excluding hydrogens is 500 g/mol. The monoisotopic (exact) mass is 540 g/mol. The van der Waals surface area contributed by atoms with Gasteiger partial charge in [0.15, 0.2) is 5.11 Å². The summed E-state index contributed by atoms with van der Waals surface area (Å²) in [6, 6.07) is 11.0. The van der Waals surface area contributed by atoms with Crippen molar-refractivity contribution >= 4 is 46.5 Å². The van der Waals surface area contributed by atoms with E-state index in [0.717, 1.165) is 55.7 Å². The molecule has 200 valence electrons. The van der Waals surface area contributed by atoms with Gasteiger partial charge in [0, 0.05) is 48.7 Å². The third-order valence-corrected chi connectivity index (χ3v) is 9.02. The zero-order valence-corrected chi connectivity index (χ0v) is 23.7. The first-order valence-corrected chi connectivity index (χ1v) is 15.0. The van der Waals surface area contributed by atoms with Gasteiger partial charge in [-0.05, 0) is 88.2 Å². The number of nitrogens with one attached hydrogen (secondary N) is 2. The summed E-state index contributed by atoms with van der Waals surface area (Å²) >= 11 is 12.2. The molecular formula is C29H41ClN6S. The maximum Gasteiger partial charge on any atom is 0.232 e. The highest BCUT2D eigenvalue weighted by Crippen LogP contribution is 2.40. The molecule has 1 atom stereocenters. The second kappa shape index (κ2) is 12.2. The van der Waals surface area contributed by atoms with Gasteiger partial charge < -0.3 is 20.4 Å². The Kier molecular flexibility index (Phi) is 8.71. The van der Waals surface area contributed by atoms with Gasteiger partial charge in [-0.2, -0.15) is 9.97 Å². The minimum Gasteiger partial charge on any atom is -0.361 e. The predicted octanol–water partition coefficient (Wildman–Crippen LogP) is 6.69. The highest BCUT2D eigenvalue weighted by Gasteiger charge is 2.34. The van der Waals surface area contributed by atoms with Crippen molar-refractivity contribution in [2.75, 3.05) is 41.3 Å². The highest BCUT2D eigenvalue weighted by atomic mass is 35.5. The van der Waals surface area contributed by atoms with Crippen molar-refractivity contribution in [1.29, 1.82) is 0 Å². The molecule has 1 aromatic heterocycles. The number of hydrogen-bond acceptors (Lipinski definition) is 5. The molecule has 8 heteroatoms. The predicted molar refractivity (Wildman–Crippen MR) is 159 cm³/mol. The standard InChI is InChI=1S/C29H41ClN6S/c1-22-11-4-9-18-36(22)26-20-25(35-16-7-3-8-17-35)32-27(33-26)34-28(37)31-21-29(14-5-2-6-15-29)23-12-10-13-24(30)19-23/h10,12-13,19-20,22H,2-9,11,14-18,21H2,1H3,(H2,31,32,33,34,37)/t22-/m1/s1. The number of halogens is 1. The fraction of sp³-hybridized carbons (Fsp3) is 0.621. The first-order valence-electron chi connectivity index (χ1n) is 14.2. The Morgan fingerprint density at radius 1 is 0.973 bits per heavy atom. The normalized spacial score (nSPS) is 21.9. The minimum absolute atomic E-state index is 0.0415. The molecule has 2 aromatic rings. The molecule has 2 saturated heterocycles. The lowest BCUT2D eigenvalue weighted by Crippen LogP contribution is -2.44. The smallest absolute Gasteiger partial charge is 0.232 e. The van der Waals surface area contributed by atoms with Crippen molar-refractivity contribution in [2.45, 2.75) is 89.0 Å². The lowest BCUT2D eigenvalue weighted by Gasteiger charge is -2.38. The molecule has 1 aromatic carbocycles. The molecule has 37 heavy (non-hydrogen) atoms. The van der Waals surface area contributed by atoms with E-state index in [4.69, 9.17) is 33.8 Å². The van der Waals surface area contributed by atoms with E-state index < -0.39 is 0 Å². The molecule has 1 aliphatic carbocycles. The summed E-state index contributed by atoms with van der Waals surface area (Å²) in [5.41, 5.74) is 1.35. The fourth-order valence-corrected chi connectivity index (χ4v) is 6.71. The van der Waals surface area contributed by atoms with Crippen molar-refractivity contribution in [3.05, 3.63) is 40.9 Å². The van der Waals surface area contributed by atoms with Crippen molar-refractivity contribution in [3.63, 3.8) is 0 Å². The molecule has 2 aliphatic heterocycles. The van der Waals surface area contributed by atoms with Crippen LogP contribution in [0.2, 0.25) is 5.02 Å². The summed E-state index contributed by atoms with van der Waals surface area (Å²) in [7, 11) is 0. The van der Waals surface area contributed by atoms with E-state index in [-0.39, 0.29) is 5.41 Å². The first kappa shape index (κ1) is 26.5. The molecule has 0 radical (unpaired) electrons. The van der Waals surface area contributed by atoms with Gasteiger partial charge >= 0.3 is 0 Å². The van der Waals surface area contributed by atoms with Gasteiger partial charge in [-0.25, -0.2) is 0 Å². The Balaban J connectivity index is 1.33. The number of thiocarbonyl (C=S) groups is 1. The Morgan fingerprint density at radius 3 is 2.46 bits per heavy atom. The Labute approximate surface area is 232 Å². The second-order valence-corrected chi connectivity index (χ2v) is 12.0. The summed E-state index contributed by atoms with van der Waals surface area (Å²) in [4.78, 5) is 14.7. The molecule has 0 unspecified atom stereocenters. The third-order valence-electron chi connectivity index (χ3n) is 8.54. The molecule has 3 heterocycles. The lowest BCUT2D eigenvalue weighted by atomic mass is 9.69. The summed E-state index contributed by atoms with van der Waals surface area (Å²) in [5.74, 6) is 2.61. The summed E-state index contributed by atoms with van der Waals surface area (Å²) in [5, 5.41) is 8.27. The van der Waals surface area contributed by atoms with Gasteiger partial charge in [0.25, 0.3) is 0 Å². The molecule has 0 spiro atoms. The number of nitrogens with zero attached hydrogens (tertiary/aromatic N) is 4. The van der Waals surface area contributed by atoms with E-state index >= 15 is 0 Å². The number of anilines is 3. The van der Waals surface area contributed by atoms with E-state index in [2.05, 4.69) is 51.6 Å². The molecule has 6 nitrogen and oxygen atoms in total. The van der Waals surface area contributed by atoms with Crippen LogP contribution >= 0.6 is 23.8 Å². The molecule has 0 amide bonds. The van der Waals surface area contributed by atoms with Gasteiger partial charge in [0.2, 0.25) is 5.95 Å². The Hall–Kier alpha value is -2.12. The maximum atomic E-state index is 6.38. The van der Waals surface area contributed by atoms with Gasteiger partial charge in [-0.1, -0.05) is 43.0 Å². The topological polar surface area (TPSA) is 56.3 Å². The zero-order valence-electron chi connectivity index (χ0n) is 22.1. The molecule has 0 bridgehead atoms. The summed E-state index contributed by atoms with van der Waals surface area (Å²) in [6.45, 7) is 6.23. The third kappa shape index (κ3) is 6.48. The average molecular weight is 541 g/mol. The van der Waals surface area contributed by atoms with Crippen LogP contribution < -0.4 is 20.4 Å². The fourth-order valence-electron chi connectivity index (χ4n) is 6.36. The number of benzene rings is 1. The SMILES string of the molecule is C[C@@H]1CCCCN1c1cc(N2CCCCC2)nc(NC(=S)NCC2(c3cccc(Cl)c3)CCCCC2)n1. The van der Waals surface area contributed by atoms with Crippen LogP contribution in [0.4, 0.5) is 17.6 Å². The molecule has 1 saturated carbocycles. The van der Waals surface area contributed by atoms with Crippen LogP contribution in [0.5, 0.6) is 0 Å². The molecule has 3 fully saturated rings. The van der Waals surface area contributed by atoms with Crippen LogP contribution in [0.1, 0.15) is 83.1 Å². The maximum absolute atomic E-state index is 6.38. The summed E-state index contributed by atoms with van der Waals surface area (Å²) < 4.78 is 0. The van der Waals surface area contributed by atoms with Gasteiger partial charge in [0.05, 0.1) is 0 Å². The quantitative estimate of drug-likeness (QED) is 0.396. The lowest BCUT2D eigenvalue weighted by molar-refractivity contribution is 0.292. The Morgan fingerprint density at radius 2 is 1.70 bits per heavy atom. The second-order valence-electron chi connectivity index (χ2n) is 11.2. The van der Waals surface area contributed by atoms with E-state index in [0.29, 0.717) is 17.1 Å². The van der Waals surface area contributed by atoms with Gasteiger partial charge in [-0.15, -0.1) is 0 Å². The number of rotatable bonds is 6. The van der Waals surface area contributed by atoms with Crippen LogP contribution in [-0.4, -0.2) is 47.3 Å². The van der Waals surface area contributed by atoms with E-state index in [9.17, 15) is 0 Å². The van der Waals surface area contributed by atoms with Crippen LogP contribution in [0.15, 0.2) is 30.3 Å². The van der Waals surface area contributed by atoms with Crippen molar-refractivity contribution in [2.24, 2.45) is 0 Å². The highest BCUT2D eigenvalue weighted by molar-refractivity contribution is 7.80. The van der Waals surface area contributed by atoms with Crippen molar-refractivity contribution < 1.29 is 0 Å². The molecule has 5 rings (SSSR count). The van der Waals surface area contributed by atoms with E-state index in [1.807, 2.05) is 6.07 Å². The first-order chi connectivity index (χ1) is 18.0. The minimum atomic E-state index is 0.0415. The molecule has 2 N–H and O–H groups in total.